The highest BCUT2D eigenvalue weighted by molar-refractivity contribution is 7.92. The molecule has 9 heteroatoms. The Morgan fingerprint density at radius 1 is 1.03 bits per heavy atom. The van der Waals surface area contributed by atoms with Gasteiger partial charge in [-0.3, -0.25) is 9.52 Å². The van der Waals surface area contributed by atoms with Crippen LogP contribution in [0.3, 0.4) is 0 Å². The highest BCUT2D eigenvalue weighted by atomic mass is 32.2. The van der Waals surface area contributed by atoms with Crippen molar-refractivity contribution < 1.29 is 22.7 Å². The van der Waals surface area contributed by atoms with Crippen molar-refractivity contribution in [3.8, 4) is 11.5 Å². The minimum atomic E-state index is -3.83. The van der Waals surface area contributed by atoms with E-state index in [0.717, 1.165) is 24.8 Å². The van der Waals surface area contributed by atoms with Crippen LogP contribution in [0.4, 0.5) is 5.69 Å². The fourth-order valence-corrected chi connectivity index (χ4v) is 5.44. The first kappa shape index (κ1) is 21.8. The Labute approximate surface area is 197 Å². The number of hydrogen-bond donors (Lipinski definition) is 1. The number of nitrogens with one attached hydrogen (secondary N) is 1. The van der Waals surface area contributed by atoms with E-state index in [1.165, 1.54) is 12.1 Å². The van der Waals surface area contributed by atoms with E-state index in [4.69, 9.17) is 9.47 Å². The molecule has 1 aliphatic heterocycles. The number of rotatable bonds is 7. The molecule has 2 aliphatic rings. The van der Waals surface area contributed by atoms with E-state index in [1.54, 1.807) is 41.7 Å². The van der Waals surface area contributed by atoms with Gasteiger partial charge < -0.3 is 14.4 Å². The van der Waals surface area contributed by atoms with Crippen LogP contribution in [0.1, 0.15) is 35.2 Å². The summed E-state index contributed by atoms with van der Waals surface area (Å²) in [6.45, 7) is 1.60. The summed E-state index contributed by atoms with van der Waals surface area (Å²) in [5.41, 5.74) is 2.05. The number of ether oxygens (including phenoxy) is 2. The van der Waals surface area contributed by atoms with Crippen molar-refractivity contribution in [2.75, 3.05) is 17.9 Å². The van der Waals surface area contributed by atoms with Gasteiger partial charge in [0.05, 0.1) is 18.1 Å². The Morgan fingerprint density at radius 2 is 1.79 bits per heavy atom. The van der Waals surface area contributed by atoms with Gasteiger partial charge in [-0.2, -0.15) is 11.3 Å². The number of thiophene rings is 1. The van der Waals surface area contributed by atoms with E-state index in [1.807, 2.05) is 16.3 Å². The number of amides is 1. The Kier molecular flexibility index (Phi) is 5.99. The fraction of sp³-hybridized carbons (Fsp3) is 0.292. The summed E-state index contributed by atoms with van der Waals surface area (Å²) in [6.07, 6.45) is 2.78. The monoisotopic (exact) mass is 484 g/mol. The van der Waals surface area contributed by atoms with Crippen LogP contribution >= 0.6 is 11.3 Å². The number of hydrogen-bond acceptors (Lipinski definition) is 6. The molecule has 2 aromatic carbocycles. The maximum atomic E-state index is 13.1. The molecule has 7 nitrogen and oxygen atoms in total. The lowest BCUT2D eigenvalue weighted by Gasteiger charge is -2.22. The van der Waals surface area contributed by atoms with Crippen molar-refractivity contribution in [3.05, 3.63) is 70.4 Å². The highest BCUT2D eigenvalue weighted by Crippen LogP contribution is 2.33. The molecule has 0 unspecified atom stereocenters. The minimum Gasteiger partial charge on any atom is -0.490 e. The molecule has 1 aromatic heterocycles. The molecule has 1 amide bonds. The van der Waals surface area contributed by atoms with Gasteiger partial charge in [-0.1, -0.05) is 0 Å². The van der Waals surface area contributed by atoms with Crippen molar-refractivity contribution in [1.82, 2.24) is 4.90 Å². The molecular formula is C24H24N2O5S2. The third-order valence-electron chi connectivity index (χ3n) is 5.59. The zero-order valence-electron chi connectivity index (χ0n) is 17.9. The van der Waals surface area contributed by atoms with Crippen molar-refractivity contribution in [3.63, 3.8) is 0 Å². The predicted molar refractivity (Wildman–Crippen MR) is 127 cm³/mol. The average molecular weight is 485 g/mol. The summed E-state index contributed by atoms with van der Waals surface area (Å²) in [4.78, 5) is 15.1. The molecular weight excluding hydrogens is 460 g/mol. The van der Waals surface area contributed by atoms with Crippen LogP contribution in [0.5, 0.6) is 11.5 Å². The van der Waals surface area contributed by atoms with Crippen LogP contribution < -0.4 is 14.2 Å². The number of fused-ring (bicyclic) bond motifs is 1. The number of carbonyl (C=O) groups excluding carboxylic acids is 1. The van der Waals surface area contributed by atoms with Gasteiger partial charge in [0.1, 0.15) is 0 Å². The van der Waals surface area contributed by atoms with Crippen molar-refractivity contribution >= 4 is 33.0 Å². The summed E-state index contributed by atoms with van der Waals surface area (Å²) >= 11 is 1.62. The number of sulfonamides is 1. The third-order valence-corrected chi connectivity index (χ3v) is 7.71. The zero-order chi connectivity index (χ0) is 22.8. The Morgan fingerprint density at radius 3 is 2.48 bits per heavy atom. The second-order valence-electron chi connectivity index (χ2n) is 8.14. The molecule has 0 atom stereocenters. The van der Waals surface area contributed by atoms with Gasteiger partial charge >= 0.3 is 0 Å². The third kappa shape index (κ3) is 4.99. The van der Waals surface area contributed by atoms with E-state index in [9.17, 15) is 13.2 Å². The molecule has 0 spiro atoms. The SMILES string of the molecule is O=C(c1ccc(NS(=O)(=O)c2ccc3c(c2)OCCCO3)cc1)N(Cc1ccsc1)C1CC1. The second-order valence-corrected chi connectivity index (χ2v) is 10.6. The van der Waals surface area contributed by atoms with Crippen LogP contribution in [0.2, 0.25) is 0 Å². The van der Waals surface area contributed by atoms with Gasteiger partial charge in [-0.25, -0.2) is 8.42 Å². The second kappa shape index (κ2) is 9.07. The van der Waals surface area contributed by atoms with Crippen LogP contribution in [0.25, 0.3) is 0 Å². The topological polar surface area (TPSA) is 84.9 Å². The number of nitrogens with zero attached hydrogens (tertiary/aromatic N) is 1. The molecule has 0 saturated heterocycles. The van der Waals surface area contributed by atoms with Gasteiger partial charge in [0, 0.05) is 36.3 Å². The van der Waals surface area contributed by atoms with Crippen LogP contribution in [0.15, 0.2) is 64.2 Å². The van der Waals surface area contributed by atoms with E-state index in [2.05, 4.69) is 10.1 Å². The molecule has 0 radical (unpaired) electrons. The van der Waals surface area contributed by atoms with Gasteiger partial charge in [0.25, 0.3) is 15.9 Å². The van der Waals surface area contributed by atoms with Crippen LogP contribution in [-0.2, 0) is 16.6 Å². The van der Waals surface area contributed by atoms with Crippen molar-refractivity contribution in [2.45, 2.75) is 36.7 Å². The maximum absolute atomic E-state index is 13.1. The number of carbonyl (C=O) groups is 1. The predicted octanol–water partition coefficient (Wildman–Crippen LogP) is 4.52. The first-order chi connectivity index (χ1) is 16.0. The normalized spacial score (nSPS) is 15.5. The standard InChI is InChI=1S/C24H24N2O5S2/c27-24(26(20-6-7-20)15-17-10-13-32-16-17)18-2-4-19(5-3-18)25-33(28,29)21-8-9-22-23(14-21)31-12-1-11-30-22/h2-5,8-10,13-14,16,20,25H,1,6-7,11-12,15H2. The van der Waals surface area contributed by atoms with Crippen molar-refractivity contribution in [1.29, 1.82) is 0 Å². The van der Waals surface area contributed by atoms with E-state index >= 15 is 0 Å². The zero-order valence-corrected chi connectivity index (χ0v) is 19.5. The van der Waals surface area contributed by atoms with Gasteiger partial charge in [0.2, 0.25) is 0 Å². The van der Waals surface area contributed by atoms with Crippen LogP contribution in [-0.4, -0.2) is 38.5 Å². The molecule has 172 valence electrons. The lowest BCUT2D eigenvalue weighted by molar-refractivity contribution is 0.0730. The number of anilines is 1. The molecule has 1 N–H and O–H groups in total. The Hall–Kier alpha value is -3.04. The van der Waals surface area contributed by atoms with Gasteiger partial charge in [-0.05, 0) is 71.6 Å². The molecule has 3 aromatic rings. The fourth-order valence-electron chi connectivity index (χ4n) is 3.70. The van der Waals surface area contributed by atoms with Crippen LogP contribution in [0, 0.1) is 0 Å². The first-order valence-electron chi connectivity index (χ1n) is 10.8. The number of benzene rings is 2. The molecule has 1 fully saturated rings. The summed E-state index contributed by atoms with van der Waals surface area (Å²) < 4.78 is 39.5. The molecule has 5 rings (SSSR count). The molecule has 2 heterocycles. The molecule has 1 saturated carbocycles. The summed E-state index contributed by atoms with van der Waals surface area (Å²) in [6, 6.07) is 13.4. The van der Waals surface area contributed by atoms with E-state index in [0.29, 0.717) is 42.5 Å². The van der Waals surface area contributed by atoms with E-state index < -0.39 is 10.0 Å². The highest BCUT2D eigenvalue weighted by Gasteiger charge is 2.33. The van der Waals surface area contributed by atoms with Crippen molar-refractivity contribution in [2.24, 2.45) is 0 Å². The lowest BCUT2D eigenvalue weighted by atomic mass is 10.1. The Bertz CT molecular complexity index is 1240. The molecule has 1 aliphatic carbocycles. The van der Waals surface area contributed by atoms with E-state index in [-0.39, 0.29) is 16.8 Å². The quantitative estimate of drug-likeness (QED) is 0.533. The summed E-state index contributed by atoms with van der Waals surface area (Å²) in [5, 5.41) is 4.06. The smallest absolute Gasteiger partial charge is 0.262 e. The summed E-state index contributed by atoms with van der Waals surface area (Å²) in [5.74, 6) is 0.917. The van der Waals surface area contributed by atoms with Gasteiger partial charge in [0.15, 0.2) is 11.5 Å². The lowest BCUT2D eigenvalue weighted by Crippen LogP contribution is -2.32. The first-order valence-corrected chi connectivity index (χ1v) is 13.3. The van der Waals surface area contributed by atoms with Gasteiger partial charge in [-0.15, -0.1) is 0 Å². The Balaban J connectivity index is 1.30. The molecule has 33 heavy (non-hydrogen) atoms. The average Bonchev–Trinajstić information content (AvgIpc) is 3.57. The largest absolute Gasteiger partial charge is 0.490 e. The minimum absolute atomic E-state index is 0.0407. The molecule has 0 bridgehead atoms. The maximum Gasteiger partial charge on any atom is 0.262 e. The summed E-state index contributed by atoms with van der Waals surface area (Å²) in [7, 11) is -3.83.